The van der Waals surface area contributed by atoms with E-state index < -0.39 is 0 Å². The number of pyridine rings is 1. The van der Waals surface area contributed by atoms with E-state index in [-0.39, 0.29) is 18.6 Å². The number of rotatable bonds is 5. The summed E-state index contributed by atoms with van der Waals surface area (Å²) in [6.07, 6.45) is 3.58. The molecule has 1 aromatic rings. The van der Waals surface area contributed by atoms with Crippen LogP contribution in [0.5, 0.6) is 0 Å². The summed E-state index contributed by atoms with van der Waals surface area (Å²) in [6, 6.07) is 1.69. The van der Waals surface area contributed by atoms with Crippen LogP contribution in [0.3, 0.4) is 0 Å². The van der Waals surface area contributed by atoms with Gasteiger partial charge in [0, 0.05) is 23.8 Å². The zero-order chi connectivity index (χ0) is 15.4. The number of nitrogens with one attached hydrogen (secondary N) is 1. The first-order valence-electron chi connectivity index (χ1n) is 7.39. The van der Waals surface area contributed by atoms with Gasteiger partial charge < -0.3 is 15.3 Å². The molecular formula is C15H22BrN3O2. The quantitative estimate of drug-likeness (QED) is 0.851. The van der Waals surface area contributed by atoms with Gasteiger partial charge in [-0.3, -0.25) is 4.79 Å². The van der Waals surface area contributed by atoms with Crippen LogP contribution in [0.2, 0.25) is 0 Å². The molecule has 2 unspecified atom stereocenters. The Balaban J connectivity index is 2.27. The second-order valence-electron chi connectivity index (χ2n) is 5.49. The van der Waals surface area contributed by atoms with Crippen molar-refractivity contribution < 1.29 is 9.90 Å². The van der Waals surface area contributed by atoms with Crippen molar-refractivity contribution in [2.75, 3.05) is 25.0 Å². The topological polar surface area (TPSA) is 65.5 Å². The first-order valence-corrected chi connectivity index (χ1v) is 8.19. The smallest absolute Gasteiger partial charge is 0.257 e. The molecule has 1 aliphatic rings. The summed E-state index contributed by atoms with van der Waals surface area (Å²) in [4.78, 5) is 18.9. The molecule has 2 heterocycles. The number of nitrogens with zero attached hydrogens (tertiary/aromatic N) is 2. The highest BCUT2D eigenvalue weighted by molar-refractivity contribution is 9.10. The summed E-state index contributed by atoms with van der Waals surface area (Å²) in [6.45, 7) is 5.60. The first kappa shape index (κ1) is 16.2. The number of carbonyl (C=O) groups is 1. The molecule has 21 heavy (non-hydrogen) atoms. The van der Waals surface area contributed by atoms with Crippen LogP contribution >= 0.6 is 15.9 Å². The molecule has 1 fully saturated rings. The summed E-state index contributed by atoms with van der Waals surface area (Å²) in [5.74, 6) is 0.873. The predicted octanol–water partition coefficient (Wildman–Crippen LogP) is 2.51. The number of anilines is 1. The van der Waals surface area contributed by atoms with Crippen LogP contribution < -0.4 is 5.32 Å². The van der Waals surface area contributed by atoms with Crippen LogP contribution in [0.4, 0.5) is 5.82 Å². The summed E-state index contributed by atoms with van der Waals surface area (Å²) >= 11 is 3.38. The highest BCUT2D eigenvalue weighted by atomic mass is 79.9. The normalized spacial score (nSPS) is 21.6. The predicted molar refractivity (Wildman–Crippen MR) is 86.4 cm³/mol. The summed E-state index contributed by atoms with van der Waals surface area (Å²) in [7, 11) is 0. The highest BCUT2D eigenvalue weighted by Crippen LogP contribution is 2.28. The largest absolute Gasteiger partial charge is 0.394 e. The van der Waals surface area contributed by atoms with Crippen LogP contribution in [0.1, 0.15) is 37.0 Å². The van der Waals surface area contributed by atoms with Crippen molar-refractivity contribution in [2.24, 2.45) is 5.92 Å². The number of carbonyl (C=O) groups excluding carboxylic acids is 1. The molecule has 1 aromatic heterocycles. The molecule has 2 N–H and O–H groups in total. The molecule has 1 aliphatic heterocycles. The van der Waals surface area contributed by atoms with Crippen LogP contribution in [0.25, 0.3) is 0 Å². The van der Waals surface area contributed by atoms with E-state index in [4.69, 9.17) is 0 Å². The Morgan fingerprint density at radius 2 is 2.38 bits per heavy atom. The second-order valence-corrected chi connectivity index (χ2v) is 6.41. The highest BCUT2D eigenvalue weighted by Gasteiger charge is 2.35. The maximum atomic E-state index is 12.8. The molecule has 0 aromatic carbocycles. The van der Waals surface area contributed by atoms with E-state index >= 15 is 0 Å². The molecule has 0 radical (unpaired) electrons. The molecule has 1 amide bonds. The number of hydrogen-bond donors (Lipinski definition) is 2. The Morgan fingerprint density at radius 1 is 1.62 bits per heavy atom. The maximum Gasteiger partial charge on any atom is 0.257 e. The third-order valence-corrected chi connectivity index (χ3v) is 4.39. The van der Waals surface area contributed by atoms with Gasteiger partial charge in [0.2, 0.25) is 0 Å². The van der Waals surface area contributed by atoms with Gasteiger partial charge in [0.05, 0.1) is 18.2 Å². The zero-order valence-electron chi connectivity index (χ0n) is 12.5. The van der Waals surface area contributed by atoms with E-state index in [0.29, 0.717) is 23.8 Å². The number of aliphatic hydroxyl groups excluding tert-OH is 1. The van der Waals surface area contributed by atoms with E-state index in [2.05, 4.69) is 40.1 Å². The Kier molecular flexibility index (Phi) is 5.58. The summed E-state index contributed by atoms with van der Waals surface area (Å²) in [5, 5.41) is 12.7. The third kappa shape index (κ3) is 3.55. The second kappa shape index (κ2) is 7.22. The lowest BCUT2D eigenvalue weighted by Gasteiger charge is -2.26. The minimum absolute atomic E-state index is 0.00601. The maximum absolute atomic E-state index is 12.8. The standard InChI is InChI=1S/C15H22BrN3O2/c1-3-5-17-14-12(7-11(16)8-18-14)15(21)19-6-4-10(2)13(19)9-20/h7-8,10,13,20H,3-6,9H2,1-2H3,(H,17,18). The van der Waals surface area contributed by atoms with Crippen LogP contribution in [-0.2, 0) is 0 Å². The van der Waals surface area contributed by atoms with Crippen LogP contribution in [-0.4, -0.2) is 46.6 Å². The zero-order valence-corrected chi connectivity index (χ0v) is 14.1. The lowest BCUT2D eigenvalue weighted by molar-refractivity contribution is 0.0648. The molecule has 2 atom stereocenters. The molecule has 116 valence electrons. The fraction of sp³-hybridized carbons (Fsp3) is 0.600. The van der Waals surface area contributed by atoms with Crippen molar-refractivity contribution in [3.8, 4) is 0 Å². The SMILES string of the molecule is CCCNc1ncc(Br)cc1C(=O)N1CCC(C)C1CO. The molecular weight excluding hydrogens is 334 g/mol. The molecule has 0 saturated carbocycles. The van der Waals surface area contributed by atoms with Gasteiger partial charge in [0.1, 0.15) is 5.82 Å². The lowest BCUT2D eigenvalue weighted by atomic mass is 10.0. The van der Waals surface area contributed by atoms with E-state index in [9.17, 15) is 9.90 Å². The fourth-order valence-corrected chi connectivity index (χ4v) is 3.01. The average Bonchev–Trinajstić information content (AvgIpc) is 2.86. The van der Waals surface area contributed by atoms with Gasteiger partial charge in [0.15, 0.2) is 0 Å². The third-order valence-electron chi connectivity index (χ3n) is 3.96. The molecule has 6 heteroatoms. The molecule has 0 aliphatic carbocycles. The molecule has 0 bridgehead atoms. The Hall–Kier alpha value is -1.14. The van der Waals surface area contributed by atoms with Crippen molar-refractivity contribution in [1.29, 1.82) is 0 Å². The summed E-state index contributed by atoms with van der Waals surface area (Å²) < 4.78 is 0.778. The van der Waals surface area contributed by atoms with E-state index in [1.165, 1.54) is 0 Å². The van der Waals surface area contributed by atoms with Crippen molar-refractivity contribution in [3.63, 3.8) is 0 Å². The van der Waals surface area contributed by atoms with Gasteiger partial charge in [-0.2, -0.15) is 0 Å². The van der Waals surface area contributed by atoms with Crippen LogP contribution in [0.15, 0.2) is 16.7 Å². The van der Waals surface area contributed by atoms with Crippen molar-refractivity contribution in [2.45, 2.75) is 32.7 Å². The number of likely N-dealkylation sites (tertiary alicyclic amines) is 1. The average molecular weight is 356 g/mol. The van der Waals surface area contributed by atoms with Gasteiger partial charge in [0.25, 0.3) is 5.91 Å². The number of amides is 1. The Labute approximate surface area is 133 Å². The van der Waals surface area contributed by atoms with Gasteiger partial charge in [-0.05, 0) is 40.8 Å². The minimum Gasteiger partial charge on any atom is -0.394 e. The number of hydrogen-bond acceptors (Lipinski definition) is 4. The van der Waals surface area contributed by atoms with Gasteiger partial charge in [-0.1, -0.05) is 13.8 Å². The van der Waals surface area contributed by atoms with E-state index in [1.807, 2.05) is 0 Å². The Morgan fingerprint density at radius 3 is 3.05 bits per heavy atom. The van der Waals surface area contributed by atoms with E-state index in [0.717, 1.165) is 23.9 Å². The Bertz CT molecular complexity index is 510. The first-order chi connectivity index (χ1) is 10.1. The van der Waals surface area contributed by atoms with Gasteiger partial charge in [-0.15, -0.1) is 0 Å². The van der Waals surface area contributed by atoms with Crippen LogP contribution in [0, 0.1) is 5.92 Å². The molecule has 0 spiro atoms. The number of aliphatic hydroxyl groups is 1. The van der Waals surface area contributed by atoms with Crippen molar-refractivity contribution in [3.05, 3.63) is 22.3 Å². The summed E-state index contributed by atoms with van der Waals surface area (Å²) in [5.41, 5.74) is 0.561. The van der Waals surface area contributed by atoms with Gasteiger partial charge >= 0.3 is 0 Å². The monoisotopic (exact) mass is 355 g/mol. The van der Waals surface area contributed by atoms with Crippen molar-refractivity contribution >= 4 is 27.7 Å². The minimum atomic E-state index is -0.101. The fourth-order valence-electron chi connectivity index (χ4n) is 2.68. The lowest BCUT2D eigenvalue weighted by Crippen LogP contribution is -2.40. The van der Waals surface area contributed by atoms with Gasteiger partial charge in [-0.25, -0.2) is 4.98 Å². The van der Waals surface area contributed by atoms with E-state index in [1.54, 1.807) is 17.2 Å². The molecule has 1 saturated heterocycles. The molecule has 2 rings (SSSR count). The molecule has 5 nitrogen and oxygen atoms in total. The number of aromatic nitrogens is 1. The number of halogens is 1. The van der Waals surface area contributed by atoms with Crippen molar-refractivity contribution in [1.82, 2.24) is 9.88 Å².